The van der Waals surface area contributed by atoms with Gasteiger partial charge in [-0.15, -0.1) is 0 Å². The normalized spacial score (nSPS) is 12.6. The zero-order valence-electron chi connectivity index (χ0n) is 10.7. The van der Waals surface area contributed by atoms with Crippen LogP contribution in [0, 0.1) is 5.92 Å². The number of rotatable bonds is 8. The molecule has 0 radical (unpaired) electrons. The lowest BCUT2D eigenvalue weighted by atomic mass is 9.94. The van der Waals surface area contributed by atoms with Gasteiger partial charge in [0.2, 0.25) is 0 Å². The zero-order valence-corrected chi connectivity index (χ0v) is 10.7. The lowest BCUT2D eigenvalue weighted by Crippen LogP contribution is -2.05. The second-order valence-corrected chi connectivity index (χ2v) is 4.52. The van der Waals surface area contributed by atoms with Crippen molar-refractivity contribution in [3.63, 3.8) is 0 Å². The summed E-state index contributed by atoms with van der Waals surface area (Å²) >= 11 is 0. The van der Waals surface area contributed by atoms with Crippen molar-refractivity contribution < 1.29 is 0 Å². The summed E-state index contributed by atoms with van der Waals surface area (Å²) in [7, 11) is 0. The minimum absolute atomic E-state index is 0.786. The van der Waals surface area contributed by atoms with E-state index in [1.165, 1.54) is 38.5 Å². The predicted octanol–water partition coefficient (Wildman–Crippen LogP) is 4.02. The van der Waals surface area contributed by atoms with Crippen LogP contribution >= 0.6 is 0 Å². The number of hydrogen-bond acceptors (Lipinski definition) is 2. The monoisotopic (exact) mass is 220 g/mol. The Labute approximate surface area is 99.5 Å². The van der Waals surface area contributed by atoms with E-state index in [2.05, 4.69) is 23.8 Å². The van der Waals surface area contributed by atoms with Gasteiger partial charge < -0.3 is 0 Å². The molecule has 0 saturated carbocycles. The van der Waals surface area contributed by atoms with Gasteiger partial charge in [-0.2, -0.15) is 0 Å². The Kier molecular flexibility index (Phi) is 6.78. The van der Waals surface area contributed by atoms with E-state index in [0.29, 0.717) is 0 Å². The van der Waals surface area contributed by atoms with E-state index in [9.17, 15) is 0 Å². The molecule has 1 heterocycles. The molecule has 0 saturated heterocycles. The highest BCUT2D eigenvalue weighted by Crippen LogP contribution is 2.17. The van der Waals surface area contributed by atoms with E-state index in [1.807, 2.05) is 6.20 Å². The van der Waals surface area contributed by atoms with E-state index < -0.39 is 0 Å². The zero-order chi connectivity index (χ0) is 11.6. The molecule has 1 atom stereocenters. The summed E-state index contributed by atoms with van der Waals surface area (Å²) < 4.78 is 0. The van der Waals surface area contributed by atoms with Crippen molar-refractivity contribution >= 4 is 0 Å². The van der Waals surface area contributed by atoms with E-state index in [1.54, 1.807) is 12.4 Å². The van der Waals surface area contributed by atoms with Crippen LogP contribution in [0.3, 0.4) is 0 Å². The highest BCUT2D eigenvalue weighted by Gasteiger charge is 2.07. The third-order valence-corrected chi connectivity index (χ3v) is 3.16. The van der Waals surface area contributed by atoms with Gasteiger partial charge in [-0.1, -0.05) is 52.4 Å². The molecule has 1 rings (SSSR count). The molecule has 0 aliphatic carbocycles. The first-order valence-electron chi connectivity index (χ1n) is 6.61. The third-order valence-electron chi connectivity index (χ3n) is 3.16. The number of nitrogens with zero attached hydrogens (tertiary/aromatic N) is 2. The lowest BCUT2D eigenvalue weighted by molar-refractivity contribution is 0.435. The van der Waals surface area contributed by atoms with Crippen LogP contribution in [0.25, 0.3) is 0 Å². The van der Waals surface area contributed by atoms with E-state index >= 15 is 0 Å². The van der Waals surface area contributed by atoms with Crippen molar-refractivity contribution in [2.24, 2.45) is 5.92 Å². The number of hydrogen-bond donors (Lipinski definition) is 0. The van der Waals surface area contributed by atoms with Gasteiger partial charge in [-0.3, -0.25) is 9.97 Å². The average Bonchev–Trinajstić information content (AvgIpc) is 2.34. The molecule has 0 aliphatic rings. The topological polar surface area (TPSA) is 25.8 Å². The van der Waals surface area contributed by atoms with E-state index in [0.717, 1.165) is 18.0 Å². The molecule has 2 nitrogen and oxygen atoms in total. The molecule has 0 spiro atoms. The number of aromatic nitrogens is 2. The number of unbranched alkanes of at least 4 members (excludes halogenated alkanes) is 3. The van der Waals surface area contributed by atoms with Gasteiger partial charge in [0.05, 0.1) is 5.69 Å². The summed E-state index contributed by atoms with van der Waals surface area (Å²) in [6.45, 7) is 4.54. The largest absolute Gasteiger partial charge is 0.261 e. The van der Waals surface area contributed by atoms with Gasteiger partial charge in [0, 0.05) is 18.6 Å². The van der Waals surface area contributed by atoms with Crippen LogP contribution in [-0.4, -0.2) is 9.97 Å². The average molecular weight is 220 g/mol. The molecule has 0 bridgehead atoms. The molecule has 0 amide bonds. The summed E-state index contributed by atoms with van der Waals surface area (Å²) in [6.07, 6.45) is 14.6. The summed E-state index contributed by atoms with van der Waals surface area (Å²) in [6, 6.07) is 0. The Hall–Kier alpha value is -0.920. The molecule has 2 heteroatoms. The van der Waals surface area contributed by atoms with Gasteiger partial charge in [0.25, 0.3) is 0 Å². The predicted molar refractivity (Wildman–Crippen MR) is 68.3 cm³/mol. The standard InChI is InChI=1S/C14H24N2/c1-3-5-6-7-8-13(4-2)11-14-12-15-9-10-16-14/h9-10,12-13H,3-8,11H2,1-2H3. The Balaban J connectivity index is 2.26. The fourth-order valence-corrected chi connectivity index (χ4v) is 2.04. The van der Waals surface area contributed by atoms with E-state index in [-0.39, 0.29) is 0 Å². The van der Waals surface area contributed by atoms with Crippen LogP contribution in [0.5, 0.6) is 0 Å². The minimum Gasteiger partial charge on any atom is -0.261 e. The van der Waals surface area contributed by atoms with Crippen molar-refractivity contribution in [1.82, 2.24) is 9.97 Å². The molecule has 0 N–H and O–H groups in total. The molecule has 1 aromatic heterocycles. The van der Waals surface area contributed by atoms with Crippen LogP contribution in [0.2, 0.25) is 0 Å². The van der Waals surface area contributed by atoms with Gasteiger partial charge >= 0.3 is 0 Å². The first-order valence-corrected chi connectivity index (χ1v) is 6.61. The molecule has 0 aromatic carbocycles. The van der Waals surface area contributed by atoms with Crippen molar-refractivity contribution in [3.8, 4) is 0 Å². The smallest absolute Gasteiger partial charge is 0.0589 e. The maximum absolute atomic E-state index is 4.35. The van der Waals surface area contributed by atoms with Crippen molar-refractivity contribution in [2.45, 2.75) is 58.8 Å². The summed E-state index contributed by atoms with van der Waals surface area (Å²) in [4.78, 5) is 8.47. The highest BCUT2D eigenvalue weighted by atomic mass is 14.8. The summed E-state index contributed by atoms with van der Waals surface area (Å²) in [5.41, 5.74) is 1.14. The van der Waals surface area contributed by atoms with Crippen LogP contribution < -0.4 is 0 Å². The fourth-order valence-electron chi connectivity index (χ4n) is 2.04. The van der Waals surface area contributed by atoms with Crippen LogP contribution in [0.15, 0.2) is 18.6 Å². The Morgan fingerprint density at radius 1 is 1.12 bits per heavy atom. The molecular formula is C14H24N2. The molecular weight excluding hydrogens is 196 g/mol. The van der Waals surface area contributed by atoms with Gasteiger partial charge in [0.1, 0.15) is 0 Å². The van der Waals surface area contributed by atoms with Crippen LogP contribution in [0.4, 0.5) is 0 Å². The fraction of sp³-hybridized carbons (Fsp3) is 0.714. The molecule has 0 fully saturated rings. The van der Waals surface area contributed by atoms with Gasteiger partial charge in [-0.05, 0) is 12.3 Å². The lowest BCUT2D eigenvalue weighted by Gasteiger charge is -2.13. The van der Waals surface area contributed by atoms with Crippen molar-refractivity contribution in [1.29, 1.82) is 0 Å². The Bertz CT molecular complexity index is 259. The molecule has 16 heavy (non-hydrogen) atoms. The quantitative estimate of drug-likeness (QED) is 0.618. The summed E-state index contributed by atoms with van der Waals surface area (Å²) in [5, 5.41) is 0. The molecule has 90 valence electrons. The molecule has 1 unspecified atom stereocenters. The SMILES string of the molecule is CCCCCCC(CC)Cc1cnccn1. The highest BCUT2D eigenvalue weighted by molar-refractivity contribution is 4.95. The Morgan fingerprint density at radius 3 is 2.62 bits per heavy atom. The minimum atomic E-state index is 0.786. The van der Waals surface area contributed by atoms with Crippen LogP contribution in [-0.2, 0) is 6.42 Å². The first kappa shape index (κ1) is 13.1. The van der Waals surface area contributed by atoms with Crippen molar-refractivity contribution in [2.75, 3.05) is 0 Å². The second-order valence-electron chi connectivity index (χ2n) is 4.52. The third kappa shape index (κ3) is 5.24. The summed E-state index contributed by atoms with van der Waals surface area (Å²) in [5.74, 6) is 0.786. The van der Waals surface area contributed by atoms with Gasteiger partial charge in [0.15, 0.2) is 0 Å². The second kappa shape index (κ2) is 8.26. The maximum Gasteiger partial charge on any atom is 0.0589 e. The maximum atomic E-state index is 4.35. The van der Waals surface area contributed by atoms with Crippen molar-refractivity contribution in [3.05, 3.63) is 24.3 Å². The molecule has 0 aliphatic heterocycles. The molecule has 1 aromatic rings. The Morgan fingerprint density at radius 2 is 2.00 bits per heavy atom. The first-order chi connectivity index (χ1) is 7.86. The van der Waals surface area contributed by atoms with Gasteiger partial charge in [-0.25, -0.2) is 0 Å². The van der Waals surface area contributed by atoms with E-state index in [4.69, 9.17) is 0 Å². The van der Waals surface area contributed by atoms with Crippen LogP contribution in [0.1, 0.15) is 58.1 Å².